The Morgan fingerprint density at radius 2 is 1.80 bits per heavy atom. The number of fused-ring (bicyclic) bond motifs is 1. The number of carbonyl (C=O) groups is 1. The number of rotatable bonds is 9. The molecule has 0 amide bonds. The molecule has 206 valence electrons. The lowest BCUT2D eigenvalue weighted by molar-refractivity contribution is -0.138. The number of ether oxygens (including phenoxy) is 1. The van der Waals surface area contributed by atoms with Crippen molar-refractivity contribution in [2.45, 2.75) is 31.7 Å². The van der Waals surface area contributed by atoms with Gasteiger partial charge >= 0.3 is 5.97 Å². The van der Waals surface area contributed by atoms with Crippen molar-refractivity contribution in [2.24, 2.45) is 4.99 Å². The standard InChI is InChI=1S/C31H31N3O4S2/c1-5-33(6-2)25-18-15-22(38-25)19-24-29(35)34-28(21-13-16-23(39-4)17-14-21)26(30(36)37-7-3)27(32-31(34)40-24)20-11-9-8-10-12-20/h8-19,28H,5-7H2,1-4H3/b24-19-/t28-/m0/s1. The second kappa shape index (κ2) is 12.1. The molecule has 1 aliphatic heterocycles. The summed E-state index contributed by atoms with van der Waals surface area (Å²) in [5, 5.41) is 0. The molecule has 0 fully saturated rings. The fourth-order valence-electron chi connectivity index (χ4n) is 4.80. The Morgan fingerprint density at radius 3 is 2.45 bits per heavy atom. The number of furan rings is 1. The van der Waals surface area contributed by atoms with Gasteiger partial charge in [0.05, 0.1) is 28.5 Å². The number of carbonyl (C=O) groups excluding carboxylic acids is 1. The first-order valence-electron chi connectivity index (χ1n) is 13.3. The van der Waals surface area contributed by atoms with E-state index in [1.165, 1.54) is 11.3 Å². The van der Waals surface area contributed by atoms with Gasteiger partial charge in [-0.2, -0.15) is 0 Å². The zero-order chi connectivity index (χ0) is 28.2. The summed E-state index contributed by atoms with van der Waals surface area (Å²) in [6.45, 7) is 7.76. The smallest absolute Gasteiger partial charge is 0.338 e. The average Bonchev–Trinajstić information content (AvgIpc) is 3.57. The number of thiazole rings is 1. The maximum atomic E-state index is 14.0. The van der Waals surface area contributed by atoms with E-state index in [1.807, 2.05) is 73.0 Å². The highest BCUT2D eigenvalue weighted by Crippen LogP contribution is 2.35. The van der Waals surface area contributed by atoms with E-state index in [4.69, 9.17) is 14.1 Å². The molecule has 7 nitrogen and oxygen atoms in total. The van der Waals surface area contributed by atoms with Gasteiger partial charge in [0.25, 0.3) is 5.56 Å². The molecule has 0 saturated heterocycles. The largest absolute Gasteiger partial charge is 0.463 e. The molecular weight excluding hydrogens is 542 g/mol. The molecule has 0 bridgehead atoms. The van der Waals surface area contributed by atoms with E-state index in [9.17, 15) is 9.59 Å². The van der Waals surface area contributed by atoms with Crippen LogP contribution in [0.25, 0.3) is 11.8 Å². The van der Waals surface area contributed by atoms with Crippen LogP contribution >= 0.6 is 23.1 Å². The van der Waals surface area contributed by atoms with Crippen molar-refractivity contribution in [1.82, 2.24) is 4.57 Å². The van der Waals surface area contributed by atoms with Crippen molar-refractivity contribution in [3.8, 4) is 0 Å². The van der Waals surface area contributed by atoms with Crippen molar-refractivity contribution < 1.29 is 13.9 Å². The normalized spacial score (nSPS) is 15.1. The number of hydrogen-bond acceptors (Lipinski definition) is 8. The first kappa shape index (κ1) is 27.7. The molecule has 1 atom stereocenters. The number of aromatic nitrogens is 1. The maximum Gasteiger partial charge on any atom is 0.338 e. The molecule has 0 N–H and O–H groups in total. The van der Waals surface area contributed by atoms with Crippen molar-refractivity contribution in [3.63, 3.8) is 0 Å². The van der Waals surface area contributed by atoms with E-state index in [0.29, 0.717) is 26.4 Å². The molecule has 5 rings (SSSR count). The Hall–Kier alpha value is -3.82. The SMILES string of the molecule is CCOC(=O)C1=C(c2ccccc2)N=c2s/c(=C\c3ccc(N(CC)CC)o3)c(=O)n2[C@H]1c1ccc(SC)cc1. The third-order valence-electron chi connectivity index (χ3n) is 6.77. The highest BCUT2D eigenvalue weighted by atomic mass is 32.2. The summed E-state index contributed by atoms with van der Waals surface area (Å²) in [5.41, 5.74) is 2.19. The molecule has 3 heterocycles. The van der Waals surface area contributed by atoms with Crippen LogP contribution in [0.4, 0.5) is 5.88 Å². The minimum Gasteiger partial charge on any atom is -0.463 e. The topological polar surface area (TPSA) is 77.0 Å². The lowest BCUT2D eigenvalue weighted by Gasteiger charge is -2.26. The van der Waals surface area contributed by atoms with Crippen LogP contribution in [0.3, 0.4) is 0 Å². The predicted octanol–water partition coefficient (Wildman–Crippen LogP) is 5.10. The van der Waals surface area contributed by atoms with Crippen molar-refractivity contribution in [1.29, 1.82) is 0 Å². The number of anilines is 1. The molecule has 2 aromatic heterocycles. The van der Waals surface area contributed by atoms with Gasteiger partial charge in [0, 0.05) is 35.7 Å². The number of nitrogens with zero attached hydrogens (tertiary/aromatic N) is 3. The lowest BCUT2D eigenvalue weighted by atomic mass is 9.93. The summed E-state index contributed by atoms with van der Waals surface area (Å²) in [4.78, 5) is 36.1. The van der Waals surface area contributed by atoms with Gasteiger partial charge in [-0.05, 0) is 50.8 Å². The predicted molar refractivity (Wildman–Crippen MR) is 162 cm³/mol. The summed E-state index contributed by atoms with van der Waals surface area (Å²) < 4.78 is 13.7. The summed E-state index contributed by atoms with van der Waals surface area (Å²) >= 11 is 2.91. The molecular formula is C31H31N3O4S2. The summed E-state index contributed by atoms with van der Waals surface area (Å²) in [5.74, 6) is 0.848. The average molecular weight is 574 g/mol. The van der Waals surface area contributed by atoms with E-state index in [2.05, 4.69) is 18.7 Å². The Balaban J connectivity index is 1.75. The minimum atomic E-state index is -0.702. The van der Waals surface area contributed by atoms with Crippen LogP contribution in [-0.4, -0.2) is 36.5 Å². The monoisotopic (exact) mass is 573 g/mol. The van der Waals surface area contributed by atoms with Crippen LogP contribution in [0.1, 0.15) is 43.7 Å². The molecule has 2 aromatic carbocycles. The number of hydrogen-bond donors (Lipinski definition) is 0. The summed E-state index contributed by atoms with van der Waals surface area (Å²) in [7, 11) is 0. The highest BCUT2D eigenvalue weighted by Gasteiger charge is 2.35. The fourth-order valence-corrected chi connectivity index (χ4v) is 6.19. The van der Waals surface area contributed by atoms with Crippen LogP contribution in [0.5, 0.6) is 0 Å². The van der Waals surface area contributed by atoms with Gasteiger partial charge < -0.3 is 14.1 Å². The molecule has 0 spiro atoms. The molecule has 0 aliphatic carbocycles. The number of thioether (sulfide) groups is 1. The summed E-state index contributed by atoms with van der Waals surface area (Å²) in [6.07, 6.45) is 3.76. The zero-order valence-corrected chi connectivity index (χ0v) is 24.6. The van der Waals surface area contributed by atoms with Crippen molar-refractivity contribution in [3.05, 3.63) is 109 Å². The highest BCUT2D eigenvalue weighted by molar-refractivity contribution is 7.98. The molecule has 0 radical (unpaired) electrons. The molecule has 4 aromatic rings. The van der Waals surface area contributed by atoms with E-state index >= 15 is 0 Å². The van der Waals surface area contributed by atoms with Crippen molar-refractivity contribution >= 4 is 46.7 Å². The van der Waals surface area contributed by atoms with Gasteiger partial charge in [-0.1, -0.05) is 53.8 Å². The Labute approximate surface area is 241 Å². The second-order valence-corrected chi connectivity index (χ2v) is 10.9. The van der Waals surface area contributed by atoms with Gasteiger partial charge in [0.15, 0.2) is 10.7 Å². The summed E-state index contributed by atoms with van der Waals surface area (Å²) in [6, 6.07) is 20.6. The second-order valence-electron chi connectivity index (χ2n) is 9.05. The minimum absolute atomic E-state index is 0.209. The van der Waals surface area contributed by atoms with Gasteiger partial charge in [0.1, 0.15) is 5.76 Å². The Kier molecular flexibility index (Phi) is 8.42. The van der Waals surface area contributed by atoms with Crippen LogP contribution in [0.2, 0.25) is 0 Å². The molecule has 40 heavy (non-hydrogen) atoms. The molecule has 1 aliphatic rings. The lowest BCUT2D eigenvalue weighted by Crippen LogP contribution is -2.40. The van der Waals surface area contributed by atoms with E-state index in [0.717, 1.165) is 35.0 Å². The van der Waals surface area contributed by atoms with Gasteiger partial charge in [-0.25, -0.2) is 9.79 Å². The number of benzene rings is 2. The first-order valence-corrected chi connectivity index (χ1v) is 15.3. The van der Waals surface area contributed by atoms with Gasteiger partial charge in [0.2, 0.25) is 0 Å². The molecule has 9 heteroatoms. The number of esters is 1. The van der Waals surface area contributed by atoms with Crippen LogP contribution in [0, 0.1) is 0 Å². The van der Waals surface area contributed by atoms with Crippen LogP contribution in [0.15, 0.2) is 91.4 Å². The zero-order valence-electron chi connectivity index (χ0n) is 22.9. The Bertz CT molecular complexity index is 1710. The van der Waals surface area contributed by atoms with E-state index in [-0.39, 0.29) is 12.2 Å². The fraction of sp³-hybridized carbons (Fsp3) is 0.258. The first-order chi connectivity index (χ1) is 19.5. The van der Waals surface area contributed by atoms with Crippen molar-refractivity contribution in [2.75, 3.05) is 30.9 Å². The van der Waals surface area contributed by atoms with Crippen LogP contribution in [-0.2, 0) is 9.53 Å². The maximum absolute atomic E-state index is 14.0. The Morgan fingerprint density at radius 1 is 1.07 bits per heavy atom. The molecule has 0 unspecified atom stereocenters. The molecule has 0 saturated carbocycles. The van der Waals surface area contributed by atoms with Gasteiger partial charge in [-0.3, -0.25) is 9.36 Å². The quantitative estimate of drug-likeness (QED) is 0.205. The van der Waals surface area contributed by atoms with E-state index < -0.39 is 12.0 Å². The van der Waals surface area contributed by atoms with Crippen LogP contribution < -0.4 is 19.8 Å². The third kappa shape index (κ3) is 5.31. The van der Waals surface area contributed by atoms with Gasteiger partial charge in [-0.15, -0.1) is 11.8 Å². The van der Waals surface area contributed by atoms with E-state index in [1.54, 1.807) is 29.3 Å². The third-order valence-corrected chi connectivity index (χ3v) is 8.49.